The van der Waals surface area contributed by atoms with Crippen molar-refractivity contribution in [2.45, 2.75) is 64.0 Å². The first-order valence-corrected chi connectivity index (χ1v) is 10.6. The second-order valence-corrected chi connectivity index (χ2v) is 9.27. The Morgan fingerprint density at radius 2 is 1.45 bits per heavy atom. The number of carbonyl (C=O) groups excluding carboxylic acids is 3. The molecule has 5 rings (SSSR count). The summed E-state index contributed by atoms with van der Waals surface area (Å²) in [6, 6.07) is 6.13. The van der Waals surface area contributed by atoms with E-state index in [4.69, 9.17) is 0 Å². The third-order valence-electron chi connectivity index (χ3n) is 6.64. The zero-order valence-corrected chi connectivity index (χ0v) is 17.1. The van der Waals surface area contributed by atoms with Crippen LogP contribution in [0.4, 0.5) is 16.2 Å². The highest BCUT2D eigenvalue weighted by Gasteiger charge is 2.51. The molecule has 156 valence electrons. The molecule has 0 radical (unpaired) electrons. The number of amides is 4. The van der Waals surface area contributed by atoms with E-state index >= 15 is 0 Å². The first kappa shape index (κ1) is 19.7. The van der Waals surface area contributed by atoms with Gasteiger partial charge in [-0.3, -0.25) is 14.9 Å². The molecule has 4 aliphatic carbocycles. The Morgan fingerprint density at radius 1 is 0.931 bits per heavy atom. The first-order chi connectivity index (χ1) is 13.8. The topological polar surface area (TPSA) is 99.3 Å². The number of benzene rings is 1. The summed E-state index contributed by atoms with van der Waals surface area (Å²) < 4.78 is 0. The number of hydrogen-bond donors (Lipinski definition) is 4. The molecule has 1 unspecified atom stereocenters. The second kappa shape index (κ2) is 7.69. The Morgan fingerprint density at radius 3 is 1.97 bits per heavy atom. The lowest BCUT2D eigenvalue weighted by Gasteiger charge is -2.56. The predicted octanol–water partition coefficient (Wildman–Crippen LogP) is 3.24. The highest BCUT2D eigenvalue weighted by molar-refractivity contribution is 5.98. The molecule has 0 aliphatic heterocycles. The van der Waals surface area contributed by atoms with Crippen molar-refractivity contribution in [3.05, 3.63) is 24.3 Å². The molecule has 1 aromatic rings. The lowest BCUT2D eigenvalue weighted by Crippen LogP contribution is -2.62. The van der Waals surface area contributed by atoms with Gasteiger partial charge in [-0.15, -0.1) is 0 Å². The number of urea groups is 1. The van der Waals surface area contributed by atoms with Crippen molar-refractivity contribution >= 4 is 29.2 Å². The van der Waals surface area contributed by atoms with E-state index in [2.05, 4.69) is 21.3 Å². The summed E-state index contributed by atoms with van der Waals surface area (Å²) in [4.78, 5) is 36.1. The van der Waals surface area contributed by atoms with Gasteiger partial charge in [0.15, 0.2) is 0 Å². The lowest BCUT2D eigenvalue weighted by molar-refractivity contribution is -0.120. The van der Waals surface area contributed by atoms with E-state index in [0.29, 0.717) is 5.69 Å². The molecule has 29 heavy (non-hydrogen) atoms. The summed E-state index contributed by atoms with van der Waals surface area (Å²) in [6.07, 6.45) is 7.08. The molecule has 1 atom stereocenters. The van der Waals surface area contributed by atoms with E-state index in [1.807, 2.05) is 0 Å². The molecule has 0 aromatic heterocycles. The molecule has 0 spiro atoms. The van der Waals surface area contributed by atoms with Gasteiger partial charge in [-0.25, -0.2) is 4.79 Å². The fourth-order valence-electron chi connectivity index (χ4n) is 5.92. The Balaban J connectivity index is 1.28. The van der Waals surface area contributed by atoms with Crippen LogP contribution in [0.1, 0.15) is 52.4 Å². The number of nitrogens with one attached hydrogen (secondary N) is 4. The van der Waals surface area contributed by atoms with Crippen LogP contribution in [0.25, 0.3) is 0 Å². The van der Waals surface area contributed by atoms with E-state index in [1.54, 1.807) is 31.2 Å². The molecule has 7 heteroatoms. The molecule has 1 aromatic carbocycles. The summed E-state index contributed by atoms with van der Waals surface area (Å²) in [5.41, 5.74) is 1.31. The maximum atomic E-state index is 12.5. The standard InChI is InChI=1S/C22H30N4O3/c1-13(23-18-3-5-19(6-4-18)24-14(2)27)20(28)25-21(29)26-22-10-15-7-16(11-22)9-17(8-15)12-22/h3-6,13,15-17,23H,7-12H2,1-2H3,(H,24,27)(H2,25,26,28,29). The molecule has 4 amide bonds. The largest absolute Gasteiger partial charge is 0.374 e. The molecular formula is C22H30N4O3. The minimum Gasteiger partial charge on any atom is -0.374 e. The Hall–Kier alpha value is -2.57. The van der Waals surface area contributed by atoms with Crippen LogP contribution in [0.2, 0.25) is 0 Å². The minimum atomic E-state index is -0.566. The quantitative estimate of drug-likeness (QED) is 0.612. The van der Waals surface area contributed by atoms with Crippen molar-refractivity contribution in [2.75, 3.05) is 10.6 Å². The van der Waals surface area contributed by atoms with Gasteiger partial charge in [0.2, 0.25) is 11.8 Å². The number of anilines is 2. The summed E-state index contributed by atoms with van der Waals surface area (Å²) in [7, 11) is 0. The van der Waals surface area contributed by atoms with Crippen molar-refractivity contribution in [1.82, 2.24) is 10.6 Å². The van der Waals surface area contributed by atoms with Gasteiger partial charge in [0.05, 0.1) is 0 Å². The van der Waals surface area contributed by atoms with Gasteiger partial charge in [-0.05, 0) is 87.5 Å². The molecule has 4 bridgehead atoms. The number of hydrogen-bond acceptors (Lipinski definition) is 4. The number of carbonyl (C=O) groups is 3. The molecule has 0 saturated heterocycles. The predicted molar refractivity (Wildman–Crippen MR) is 111 cm³/mol. The van der Waals surface area contributed by atoms with E-state index in [0.717, 1.165) is 42.7 Å². The summed E-state index contributed by atoms with van der Waals surface area (Å²) in [5, 5.41) is 11.4. The van der Waals surface area contributed by atoms with Crippen molar-refractivity contribution in [3.63, 3.8) is 0 Å². The second-order valence-electron chi connectivity index (χ2n) is 9.27. The van der Waals surface area contributed by atoms with Crippen LogP contribution in [0, 0.1) is 17.8 Å². The van der Waals surface area contributed by atoms with Crippen molar-refractivity contribution in [2.24, 2.45) is 17.8 Å². The monoisotopic (exact) mass is 398 g/mol. The smallest absolute Gasteiger partial charge is 0.321 e. The maximum Gasteiger partial charge on any atom is 0.321 e. The van der Waals surface area contributed by atoms with Crippen LogP contribution in [0.3, 0.4) is 0 Å². The van der Waals surface area contributed by atoms with Gasteiger partial charge in [0.1, 0.15) is 6.04 Å². The van der Waals surface area contributed by atoms with Gasteiger partial charge >= 0.3 is 6.03 Å². The van der Waals surface area contributed by atoms with Gasteiger partial charge in [-0.1, -0.05) is 0 Å². The Labute approximate surface area is 171 Å². The van der Waals surface area contributed by atoms with Crippen LogP contribution in [0.5, 0.6) is 0 Å². The van der Waals surface area contributed by atoms with Crippen LogP contribution >= 0.6 is 0 Å². The Kier molecular flexibility index (Phi) is 5.23. The van der Waals surface area contributed by atoms with Crippen LogP contribution in [0.15, 0.2) is 24.3 Å². The van der Waals surface area contributed by atoms with Gasteiger partial charge in [-0.2, -0.15) is 0 Å². The number of rotatable bonds is 5. The highest BCUT2D eigenvalue weighted by Crippen LogP contribution is 2.55. The molecule has 4 aliphatic rings. The average molecular weight is 399 g/mol. The van der Waals surface area contributed by atoms with Gasteiger partial charge in [0, 0.05) is 23.8 Å². The fraction of sp³-hybridized carbons (Fsp3) is 0.591. The third kappa shape index (κ3) is 4.54. The third-order valence-corrected chi connectivity index (χ3v) is 6.64. The summed E-state index contributed by atoms with van der Waals surface area (Å²) in [6.45, 7) is 3.17. The van der Waals surface area contributed by atoms with E-state index in [9.17, 15) is 14.4 Å². The van der Waals surface area contributed by atoms with E-state index in [-0.39, 0.29) is 23.4 Å². The zero-order chi connectivity index (χ0) is 20.6. The average Bonchev–Trinajstić information content (AvgIpc) is 2.61. The van der Waals surface area contributed by atoms with Crippen molar-refractivity contribution < 1.29 is 14.4 Å². The van der Waals surface area contributed by atoms with E-state index < -0.39 is 6.04 Å². The van der Waals surface area contributed by atoms with Crippen LogP contribution < -0.4 is 21.3 Å². The minimum absolute atomic E-state index is 0.116. The SMILES string of the molecule is CC(=O)Nc1ccc(NC(C)C(=O)NC(=O)NC23CC4CC(CC(C4)C2)C3)cc1. The Bertz CT molecular complexity index is 769. The molecule has 4 fully saturated rings. The van der Waals surface area contributed by atoms with Crippen molar-refractivity contribution in [3.8, 4) is 0 Å². The van der Waals surface area contributed by atoms with Crippen LogP contribution in [-0.4, -0.2) is 29.4 Å². The molecule has 4 saturated carbocycles. The summed E-state index contributed by atoms with van der Waals surface area (Å²) >= 11 is 0. The normalized spacial score (nSPS) is 30.3. The molecule has 0 heterocycles. The van der Waals surface area contributed by atoms with Gasteiger partial charge < -0.3 is 16.0 Å². The van der Waals surface area contributed by atoms with E-state index in [1.165, 1.54) is 26.2 Å². The summed E-state index contributed by atoms with van der Waals surface area (Å²) in [5.74, 6) is 1.71. The lowest BCUT2D eigenvalue weighted by atomic mass is 9.53. The maximum absolute atomic E-state index is 12.5. The molecule has 4 N–H and O–H groups in total. The highest BCUT2D eigenvalue weighted by atomic mass is 16.2. The first-order valence-electron chi connectivity index (χ1n) is 10.6. The zero-order valence-electron chi connectivity index (χ0n) is 17.1. The van der Waals surface area contributed by atoms with Crippen LogP contribution in [-0.2, 0) is 9.59 Å². The van der Waals surface area contributed by atoms with Crippen molar-refractivity contribution in [1.29, 1.82) is 0 Å². The fourth-order valence-corrected chi connectivity index (χ4v) is 5.92. The number of imide groups is 1. The molecular weight excluding hydrogens is 368 g/mol. The van der Waals surface area contributed by atoms with Gasteiger partial charge in [0.25, 0.3) is 0 Å². The molecule has 7 nitrogen and oxygen atoms in total.